The van der Waals surface area contributed by atoms with Gasteiger partial charge < -0.3 is 19.9 Å². The molecule has 3 rings (SSSR count). The number of aromatic nitrogens is 2. The molecule has 1 aromatic carbocycles. The number of rotatable bonds is 6. The van der Waals surface area contributed by atoms with Crippen molar-refractivity contribution >= 4 is 23.1 Å². The Bertz CT molecular complexity index is 742. The van der Waals surface area contributed by atoms with E-state index >= 15 is 0 Å². The molecule has 1 aliphatic rings. The molecule has 1 saturated heterocycles. The molecular formula is C19H25N5O2. The number of para-hydroxylation sites is 2. The average molecular weight is 355 g/mol. The van der Waals surface area contributed by atoms with Crippen molar-refractivity contribution in [2.45, 2.75) is 13.8 Å². The van der Waals surface area contributed by atoms with Gasteiger partial charge in [0.1, 0.15) is 17.8 Å². The first kappa shape index (κ1) is 18.1. The van der Waals surface area contributed by atoms with E-state index in [2.05, 4.69) is 26.3 Å². The standard InChI is InChI=1S/C19H25N5O2/c1-3-23(4-2)19(25)16-13-18(21-14-20-16)22-15-7-5-6-8-17(15)24-9-11-26-12-10-24/h5-8,13-14H,3-4,9-12H2,1-2H3,(H,20,21,22). The Morgan fingerprint density at radius 1 is 1.19 bits per heavy atom. The van der Waals surface area contributed by atoms with Crippen molar-refractivity contribution in [1.82, 2.24) is 14.9 Å². The van der Waals surface area contributed by atoms with Crippen LogP contribution in [0, 0.1) is 0 Å². The van der Waals surface area contributed by atoms with Gasteiger partial charge in [-0.2, -0.15) is 0 Å². The maximum atomic E-state index is 12.5. The number of carbonyl (C=O) groups excluding carboxylic acids is 1. The molecule has 7 heteroatoms. The van der Waals surface area contributed by atoms with E-state index in [4.69, 9.17) is 4.74 Å². The number of hydrogen-bond donors (Lipinski definition) is 1. The van der Waals surface area contributed by atoms with Crippen LogP contribution < -0.4 is 10.2 Å². The molecule has 0 atom stereocenters. The van der Waals surface area contributed by atoms with Crippen molar-refractivity contribution in [2.75, 3.05) is 49.6 Å². The van der Waals surface area contributed by atoms with Crippen LogP contribution in [0.15, 0.2) is 36.7 Å². The number of ether oxygens (including phenoxy) is 1. The summed E-state index contributed by atoms with van der Waals surface area (Å²) in [6, 6.07) is 9.80. The predicted molar refractivity (Wildman–Crippen MR) is 102 cm³/mol. The van der Waals surface area contributed by atoms with Crippen LogP contribution in [-0.4, -0.2) is 60.2 Å². The molecule has 2 heterocycles. The lowest BCUT2D eigenvalue weighted by Crippen LogP contribution is -2.36. The van der Waals surface area contributed by atoms with Crippen molar-refractivity contribution in [3.8, 4) is 0 Å². The van der Waals surface area contributed by atoms with Crippen LogP contribution in [0.3, 0.4) is 0 Å². The highest BCUT2D eigenvalue weighted by molar-refractivity contribution is 5.93. The summed E-state index contributed by atoms with van der Waals surface area (Å²) in [4.78, 5) is 25.0. The molecule has 0 aliphatic carbocycles. The number of carbonyl (C=O) groups is 1. The summed E-state index contributed by atoms with van der Waals surface area (Å²) in [6.45, 7) is 8.39. The predicted octanol–water partition coefficient (Wildman–Crippen LogP) is 2.54. The molecule has 1 aliphatic heterocycles. The Hall–Kier alpha value is -2.67. The first-order valence-electron chi connectivity index (χ1n) is 9.03. The quantitative estimate of drug-likeness (QED) is 0.859. The lowest BCUT2D eigenvalue weighted by molar-refractivity contribution is 0.0767. The molecule has 1 fully saturated rings. The zero-order valence-corrected chi connectivity index (χ0v) is 15.3. The Balaban J connectivity index is 1.81. The molecule has 0 radical (unpaired) electrons. The zero-order valence-electron chi connectivity index (χ0n) is 15.3. The molecule has 1 amide bonds. The minimum Gasteiger partial charge on any atom is -0.378 e. The van der Waals surface area contributed by atoms with Crippen LogP contribution in [0.2, 0.25) is 0 Å². The zero-order chi connectivity index (χ0) is 18.4. The number of nitrogens with zero attached hydrogens (tertiary/aromatic N) is 4. The van der Waals surface area contributed by atoms with Gasteiger partial charge >= 0.3 is 0 Å². The fourth-order valence-corrected chi connectivity index (χ4v) is 3.01. The van der Waals surface area contributed by atoms with Crippen LogP contribution >= 0.6 is 0 Å². The molecule has 138 valence electrons. The third-order valence-electron chi connectivity index (χ3n) is 4.46. The van der Waals surface area contributed by atoms with Gasteiger partial charge in [-0.25, -0.2) is 9.97 Å². The van der Waals surface area contributed by atoms with Crippen LogP contribution in [0.25, 0.3) is 0 Å². The summed E-state index contributed by atoms with van der Waals surface area (Å²) < 4.78 is 5.44. The van der Waals surface area contributed by atoms with Crippen molar-refractivity contribution in [1.29, 1.82) is 0 Å². The van der Waals surface area contributed by atoms with Crippen LogP contribution in [-0.2, 0) is 4.74 Å². The third kappa shape index (κ3) is 4.11. The van der Waals surface area contributed by atoms with E-state index in [1.54, 1.807) is 11.0 Å². The summed E-state index contributed by atoms with van der Waals surface area (Å²) in [5.41, 5.74) is 2.45. The number of hydrogen-bond acceptors (Lipinski definition) is 6. The largest absolute Gasteiger partial charge is 0.378 e. The number of morpholine rings is 1. The number of benzene rings is 1. The second-order valence-electron chi connectivity index (χ2n) is 6.01. The molecule has 0 bridgehead atoms. The first-order valence-corrected chi connectivity index (χ1v) is 9.03. The van der Waals surface area contributed by atoms with E-state index < -0.39 is 0 Å². The van der Waals surface area contributed by atoms with Crippen molar-refractivity contribution in [3.63, 3.8) is 0 Å². The Morgan fingerprint density at radius 3 is 2.65 bits per heavy atom. The Labute approximate surface area is 154 Å². The first-order chi connectivity index (χ1) is 12.7. The van der Waals surface area contributed by atoms with Crippen LogP contribution in [0.4, 0.5) is 17.2 Å². The summed E-state index contributed by atoms with van der Waals surface area (Å²) in [5.74, 6) is 0.526. The second-order valence-corrected chi connectivity index (χ2v) is 6.01. The van der Waals surface area contributed by atoms with E-state index in [0.29, 0.717) is 24.6 Å². The highest BCUT2D eigenvalue weighted by Crippen LogP contribution is 2.28. The fraction of sp³-hybridized carbons (Fsp3) is 0.421. The minimum atomic E-state index is -0.0816. The van der Waals surface area contributed by atoms with Gasteiger partial charge in [-0.15, -0.1) is 0 Å². The van der Waals surface area contributed by atoms with Gasteiger partial charge in [0.25, 0.3) is 5.91 Å². The summed E-state index contributed by atoms with van der Waals surface area (Å²) in [6.07, 6.45) is 1.43. The summed E-state index contributed by atoms with van der Waals surface area (Å²) in [7, 11) is 0. The average Bonchev–Trinajstić information content (AvgIpc) is 2.70. The summed E-state index contributed by atoms with van der Waals surface area (Å²) in [5, 5.41) is 3.34. The van der Waals surface area contributed by atoms with Gasteiger partial charge in [0.2, 0.25) is 0 Å². The maximum Gasteiger partial charge on any atom is 0.272 e. The number of anilines is 3. The maximum absolute atomic E-state index is 12.5. The van der Waals surface area contributed by atoms with E-state index in [1.807, 2.05) is 32.0 Å². The van der Waals surface area contributed by atoms with E-state index in [9.17, 15) is 4.79 Å². The fourth-order valence-electron chi connectivity index (χ4n) is 3.01. The number of nitrogens with one attached hydrogen (secondary N) is 1. The summed E-state index contributed by atoms with van der Waals surface area (Å²) >= 11 is 0. The molecule has 7 nitrogen and oxygen atoms in total. The molecule has 2 aromatic rings. The topological polar surface area (TPSA) is 70.6 Å². The third-order valence-corrected chi connectivity index (χ3v) is 4.46. The highest BCUT2D eigenvalue weighted by Gasteiger charge is 2.17. The van der Waals surface area contributed by atoms with Crippen molar-refractivity contribution in [3.05, 3.63) is 42.4 Å². The van der Waals surface area contributed by atoms with Crippen LogP contribution in [0.1, 0.15) is 24.3 Å². The van der Waals surface area contributed by atoms with Gasteiger partial charge in [0.05, 0.1) is 24.6 Å². The molecular weight excluding hydrogens is 330 g/mol. The minimum absolute atomic E-state index is 0.0816. The Kier molecular flexibility index (Phi) is 6.01. The van der Waals surface area contributed by atoms with Gasteiger partial charge in [-0.05, 0) is 26.0 Å². The Morgan fingerprint density at radius 2 is 1.92 bits per heavy atom. The molecule has 1 aromatic heterocycles. The monoisotopic (exact) mass is 355 g/mol. The molecule has 0 unspecified atom stereocenters. The van der Waals surface area contributed by atoms with E-state index in [0.717, 1.165) is 37.7 Å². The lowest BCUT2D eigenvalue weighted by Gasteiger charge is -2.30. The van der Waals surface area contributed by atoms with Gasteiger partial charge in [-0.3, -0.25) is 4.79 Å². The molecule has 0 spiro atoms. The van der Waals surface area contributed by atoms with Crippen molar-refractivity contribution < 1.29 is 9.53 Å². The highest BCUT2D eigenvalue weighted by atomic mass is 16.5. The van der Waals surface area contributed by atoms with Crippen molar-refractivity contribution in [2.24, 2.45) is 0 Å². The smallest absolute Gasteiger partial charge is 0.272 e. The number of amides is 1. The molecule has 1 N–H and O–H groups in total. The molecule has 0 saturated carbocycles. The molecule has 26 heavy (non-hydrogen) atoms. The van der Waals surface area contributed by atoms with Crippen LogP contribution in [0.5, 0.6) is 0 Å². The normalized spacial score (nSPS) is 14.2. The lowest BCUT2D eigenvalue weighted by atomic mass is 10.2. The van der Waals surface area contributed by atoms with E-state index in [1.165, 1.54) is 6.33 Å². The second kappa shape index (κ2) is 8.62. The van der Waals surface area contributed by atoms with Gasteiger partial charge in [0.15, 0.2) is 0 Å². The van der Waals surface area contributed by atoms with Gasteiger partial charge in [-0.1, -0.05) is 12.1 Å². The van der Waals surface area contributed by atoms with Gasteiger partial charge in [0, 0.05) is 32.2 Å². The van der Waals surface area contributed by atoms with E-state index in [-0.39, 0.29) is 5.91 Å². The SMILES string of the molecule is CCN(CC)C(=O)c1cc(Nc2ccccc2N2CCOCC2)ncn1.